The Morgan fingerprint density at radius 1 is 0.923 bits per heavy atom. The fourth-order valence-corrected chi connectivity index (χ4v) is 9.45. The second-order valence-corrected chi connectivity index (χ2v) is 17.4. The molecule has 0 spiro atoms. The lowest BCUT2D eigenvalue weighted by atomic mass is 10.0. The van der Waals surface area contributed by atoms with Gasteiger partial charge in [-0.3, -0.25) is 24.0 Å². The quantitative estimate of drug-likeness (QED) is 0.364. The summed E-state index contributed by atoms with van der Waals surface area (Å²) in [6.45, 7) is 0.485. The first kappa shape index (κ1) is 36.5. The van der Waals surface area contributed by atoms with Gasteiger partial charge in [0.1, 0.15) is 29.8 Å². The number of fused-ring (bicyclic) bond motifs is 3. The van der Waals surface area contributed by atoms with E-state index in [4.69, 9.17) is 21.1 Å². The molecule has 1 aromatic carbocycles. The first-order valence-corrected chi connectivity index (χ1v) is 20.4. The number of amides is 5. The van der Waals surface area contributed by atoms with Gasteiger partial charge in [-0.15, -0.1) is 0 Å². The molecule has 1 saturated heterocycles. The number of hydrogen-bond donors (Lipinski definition) is 3. The molecule has 14 nitrogen and oxygen atoms in total. The van der Waals surface area contributed by atoms with E-state index in [0.29, 0.717) is 50.2 Å². The van der Waals surface area contributed by atoms with Crippen LogP contribution in [0.25, 0.3) is 0 Å². The van der Waals surface area contributed by atoms with Gasteiger partial charge >= 0.3 is 12.2 Å². The standard InChI is InChI=1S/C36H46ClN5O9S/c37-25-13-12-22-19-41(20-23(22)16-25)35(47)51-27-17-30-31(43)39-36(33(45)40-52(48,49)28-14-15-28)18-24(36)8-4-2-1-3-5-11-29(32(44)42(30)21-27)38-34(46)50-26-9-6-7-10-26/h4,8,12-13,16,24,26-30H,1-3,5-7,9-11,14-15,17-21H2,(H,38,46)(H,39,43)(H,40,45)/b8-4-/t24-,27+,29-,30-,36+/m0/s1. The van der Waals surface area contributed by atoms with Crippen molar-refractivity contribution >= 4 is 51.5 Å². The van der Waals surface area contributed by atoms with Crippen LogP contribution < -0.4 is 15.4 Å². The number of nitrogens with one attached hydrogen (secondary N) is 3. The molecule has 3 heterocycles. The lowest BCUT2D eigenvalue weighted by Gasteiger charge is -2.30. The Labute approximate surface area is 308 Å². The summed E-state index contributed by atoms with van der Waals surface area (Å²) in [4.78, 5) is 71.5. The number of ether oxygens (including phenoxy) is 2. The maximum absolute atomic E-state index is 14.4. The van der Waals surface area contributed by atoms with E-state index < -0.39 is 74.8 Å². The summed E-state index contributed by atoms with van der Waals surface area (Å²) in [6.07, 6.45) is 9.02. The van der Waals surface area contributed by atoms with Crippen LogP contribution in [-0.4, -0.2) is 89.8 Å². The number of carbonyl (C=O) groups excluding carboxylic acids is 5. The van der Waals surface area contributed by atoms with Crippen molar-refractivity contribution < 1.29 is 41.9 Å². The van der Waals surface area contributed by atoms with Crippen molar-refractivity contribution in [3.63, 3.8) is 0 Å². The van der Waals surface area contributed by atoms with E-state index in [0.717, 1.165) is 49.7 Å². The highest BCUT2D eigenvalue weighted by molar-refractivity contribution is 7.91. The largest absolute Gasteiger partial charge is 0.446 e. The SMILES string of the molecule is O=C(N[C@H]1CCCCC/C=C\[C@H]2C[C@@]2(C(=O)NS(=O)(=O)C2CC2)NC(=O)[C@@H]2C[C@@H](OC(=O)N3Cc4ccc(Cl)cc4C3)CN2C1=O)OC1CCCC1. The minimum Gasteiger partial charge on any atom is -0.446 e. The summed E-state index contributed by atoms with van der Waals surface area (Å²) in [5, 5.41) is 5.50. The maximum Gasteiger partial charge on any atom is 0.410 e. The molecule has 4 fully saturated rings. The first-order chi connectivity index (χ1) is 24.9. The molecule has 0 unspecified atom stereocenters. The van der Waals surface area contributed by atoms with Crippen molar-refractivity contribution in [3.05, 3.63) is 46.5 Å². The van der Waals surface area contributed by atoms with Crippen LogP contribution in [0.15, 0.2) is 30.4 Å². The number of halogens is 1. The van der Waals surface area contributed by atoms with Gasteiger partial charge in [-0.1, -0.05) is 42.7 Å². The molecule has 7 rings (SSSR count). The van der Waals surface area contributed by atoms with Gasteiger partial charge in [0.15, 0.2) is 0 Å². The van der Waals surface area contributed by atoms with Gasteiger partial charge in [-0.05, 0) is 87.5 Å². The van der Waals surface area contributed by atoms with Crippen LogP contribution in [0.1, 0.15) is 94.6 Å². The molecule has 52 heavy (non-hydrogen) atoms. The second-order valence-electron chi connectivity index (χ2n) is 15.0. The topological polar surface area (TPSA) is 181 Å². The third kappa shape index (κ3) is 8.04. The number of nitrogens with zero attached hydrogens (tertiary/aromatic N) is 2. The molecule has 3 saturated carbocycles. The van der Waals surface area contributed by atoms with Crippen molar-refractivity contribution in [1.29, 1.82) is 0 Å². The Hall–Kier alpha value is -3.85. The lowest BCUT2D eigenvalue weighted by molar-refractivity contribution is -0.141. The Bertz CT molecular complexity index is 1750. The molecule has 16 heteroatoms. The van der Waals surface area contributed by atoms with Crippen LogP contribution in [0.4, 0.5) is 9.59 Å². The molecule has 282 valence electrons. The average Bonchev–Trinajstić information content (AvgIpc) is 3.89. The van der Waals surface area contributed by atoms with Gasteiger partial charge in [0, 0.05) is 30.5 Å². The molecular formula is C36H46ClN5O9S. The summed E-state index contributed by atoms with van der Waals surface area (Å²) in [5.41, 5.74) is 0.315. The molecular weight excluding hydrogens is 714 g/mol. The second kappa shape index (κ2) is 14.9. The number of rotatable bonds is 6. The Kier molecular flexibility index (Phi) is 10.4. The monoisotopic (exact) mass is 759 g/mol. The third-order valence-corrected chi connectivity index (χ3v) is 13.2. The molecule has 5 atom stereocenters. The highest BCUT2D eigenvalue weighted by Crippen LogP contribution is 2.46. The number of allylic oxidation sites excluding steroid dienone is 1. The molecule has 6 aliphatic rings. The molecule has 0 radical (unpaired) electrons. The number of carbonyl (C=O) groups is 5. The smallest absolute Gasteiger partial charge is 0.410 e. The third-order valence-electron chi connectivity index (χ3n) is 11.1. The van der Waals surface area contributed by atoms with Gasteiger partial charge in [0.25, 0.3) is 5.91 Å². The van der Waals surface area contributed by atoms with Crippen LogP contribution in [0.3, 0.4) is 0 Å². The normalized spacial score (nSPS) is 30.2. The predicted octanol–water partition coefficient (Wildman–Crippen LogP) is 3.80. The first-order valence-electron chi connectivity index (χ1n) is 18.5. The minimum atomic E-state index is -3.90. The van der Waals surface area contributed by atoms with Crippen LogP contribution in [-0.2, 0) is 47.0 Å². The number of benzene rings is 1. The zero-order valence-electron chi connectivity index (χ0n) is 29.0. The highest BCUT2D eigenvalue weighted by Gasteiger charge is 2.62. The number of sulfonamides is 1. The van der Waals surface area contributed by atoms with Crippen molar-refractivity contribution in [2.45, 2.75) is 132 Å². The number of hydrogen-bond acceptors (Lipinski definition) is 9. The molecule has 3 aliphatic heterocycles. The molecule has 3 aliphatic carbocycles. The van der Waals surface area contributed by atoms with Crippen LogP contribution in [0.5, 0.6) is 0 Å². The van der Waals surface area contributed by atoms with Crippen molar-refractivity contribution in [2.24, 2.45) is 5.92 Å². The van der Waals surface area contributed by atoms with Gasteiger partial charge in [-0.25, -0.2) is 18.0 Å². The van der Waals surface area contributed by atoms with Crippen LogP contribution in [0.2, 0.25) is 5.02 Å². The van der Waals surface area contributed by atoms with Crippen molar-refractivity contribution in [1.82, 2.24) is 25.2 Å². The maximum atomic E-state index is 14.4. The summed E-state index contributed by atoms with van der Waals surface area (Å²) in [5.74, 6) is -2.46. The van der Waals surface area contributed by atoms with E-state index in [1.54, 1.807) is 12.1 Å². The lowest BCUT2D eigenvalue weighted by Crippen LogP contribution is -2.58. The van der Waals surface area contributed by atoms with E-state index >= 15 is 0 Å². The van der Waals surface area contributed by atoms with E-state index in [1.807, 2.05) is 18.2 Å². The molecule has 3 N–H and O–H groups in total. The van der Waals surface area contributed by atoms with Crippen LogP contribution in [0, 0.1) is 5.92 Å². The molecule has 5 amide bonds. The Balaban J connectivity index is 1.12. The van der Waals surface area contributed by atoms with Gasteiger partial charge in [0.2, 0.25) is 21.8 Å². The highest BCUT2D eigenvalue weighted by atomic mass is 35.5. The zero-order valence-corrected chi connectivity index (χ0v) is 30.6. The molecule has 0 aromatic heterocycles. The summed E-state index contributed by atoms with van der Waals surface area (Å²) < 4.78 is 39.3. The van der Waals surface area contributed by atoms with E-state index in [1.165, 1.54) is 9.80 Å². The predicted molar refractivity (Wildman–Crippen MR) is 188 cm³/mol. The summed E-state index contributed by atoms with van der Waals surface area (Å²) >= 11 is 6.16. The Morgan fingerprint density at radius 2 is 1.67 bits per heavy atom. The fraction of sp³-hybridized carbons (Fsp3) is 0.639. The van der Waals surface area contributed by atoms with E-state index in [2.05, 4.69) is 15.4 Å². The van der Waals surface area contributed by atoms with Crippen molar-refractivity contribution in [2.75, 3.05) is 6.54 Å². The van der Waals surface area contributed by atoms with E-state index in [-0.39, 0.29) is 25.5 Å². The zero-order chi connectivity index (χ0) is 36.6. The fourth-order valence-electron chi connectivity index (χ4n) is 7.89. The van der Waals surface area contributed by atoms with Gasteiger partial charge in [-0.2, -0.15) is 0 Å². The summed E-state index contributed by atoms with van der Waals surface area (Å²) in [7, 11) is -3.90. The molecule has 0 bridgehead atoms. The minimum absolute atomic E-state index is 0.0618. The number of alkyl carbamates (subject to hydrolysis) is 1. The van der Waals surface area contributed by atoms with Crippen LogP contribution >= 0.6 is 11.6 Å². The van der Waals surface area contributed by atoms with E-state index in [9.17, 15) is 32.4 Å². The summed E-state index contributed by atoms with van der Waals surface area (Å²) in [6, 6.07) is 3.23. The van der Waals surface area contributed by atoms with Crippen molar-refractivity contribution in [3.8, 4) is 0 Å². The van der Waals surface area contributed by atoms with Gasteiger partial charge in [0.05, 0.1) is 11.8 Å². The van der Waals surface area contributed by atoms with Gasteiger partial charge < -0.3 is 25.0 Å². The average molecular weight is 760 g/mol. The molecule has 1 aromatic rings. The Morgan fingerprint density at radius 3 is 2.44 bits per heavy atom.